The number of aromatic nitrogens is 4. The summed E-state index contributed by atoms with van der Waals surface area (Å²) in [5.74, 6) is 0.380. The normalized spacial score (nSPS) is 15.6. The fourth-order valence-corrected chi connectivity index (χ4v) is 5.31. The van der Waals surface area contributed by atoms with Crippen LogP contribution in [0.3, 0.4) is 0 Å². The van der Waals surface area contributed by atoms with Gasteiger partial charge in [-0.05, 0) is 105 Å². The van der Waals surface area contributed by atoms with Crippen molar-refractivity contribution in [3.63, 3.8) is 0 Å². The van der Waals surface area contributed by atoms with E-state index in [9.17, 15) is 0 Å². The van der Waals surface area contributed by atoms with Crippen molar-refractivity contribution in [2.24, 2.45) is 0 Å². The predicted molar refractivity (Wildman–Crippen MR) is 143 cm³/mol. The zero-order valence-electron chi connectivity index (χ0n) is 21.4. The second-order valence-electron chi connectivity index (χ2n) is 9.85. The molecule has 1 unspecified atom stereocenters. The highest BCUT2D eigenvalue weighted by molar-refractivity contribution is 5.85. The highest BCUT2D eigenvalue weighted by Gasteiger charge is 2.20. The predicted octanol–water partition coefficient (Wildman–Crippen LogP) is 6.43. The Labute approximate surface area is 201 Å². The first-order chi connectivity index (χ1) is 16.3. The van der Waals surface area contributed by atoms with Crippen LogP contribution < -0.4 is 5.32 Å². The molecule has 0 aliphatic carbocycles. The number of aromatic amines is 2. The summed E-state index contributed by atoms with van der Waals surface area (Å²) in [5, 5.41) is 3.35. The van der Waals surface area contributed by atoms with Crippen LogP contribution in [-0.2, 0) is 19.4 Å². The molecule has 0 fully saturated rings. The maximum atomic E-state index is 5.08. The number of hydrogen-bond donors (Lipinski definition) is 3. The molecule has 176 valence electrons. The van der Waals surface area contributed by atoms with Crippen LogP contribution in [0.4, 0.5) is 0 Å². The Morgan fingerprint density at radius 1 is 0.882 bits per heavy atom. The van der Waals surface area contributed by atoms with Crippen molar-refractivity contribution in [1.29, 1.82) is 0 Å². The molecule has 0 spiro atoms. The van der Waals surface area contributed by atoms with E-state index in [2.05, 4.69) is 81.1 Å². The van der Waals surface area contributed by atoms with Crippen LogP contribution in [0, 0.1) is 20.8 Å². The van der Waals surface area contributed by atoms with Gasteiger partial charge in [0.1, 0.15) is 0 Å². The molecule has 2 aliphatic rings. The molecule has 3 N–H and O–H groups in total. The maximum Gasteiger partial charge on any atom is 0.0687 e. The summed E-state index contributed by atoms with van der Waals surface area (Å²) in [4.78, 5) is 17.5. The van der Waals surface area contributed by atoms with E-state index < -0.39 is 0 Å². The molecule has 1 atom stereocenters. The van der Waals surface area contributed by atoms with Crippen molar-refractivity contribution < 1.29 is 0 Å². The molecule has 2 aliphatic heterocycles. The molecule has 5 heterocycles. The molecule has 5 nitrogen and oxygen atoms in total. The third-order valence-electron chi connectivity index (χ3n) is 7.56. The minimum atomic E-state index is 0.380. The van der Waals surface area contributed by atoms with Crippen LogP contribution in [0.2, 0.25) is 0 Å². The van der Waals surface area contributed by atoms with Gasteiger partial charge < -0.3 is 15.3 Å². The van der Waals surface area contributed by atoms with Gasteiger partial charge in [0.05, 0.1) is 11.4 Å². The third-order valence-corrected chi connectivity index (χ3v) is 7.56. The number of H-pyrrole nitrogens is 2. The van der Waals surface area contributed by atoms with Crippen molar-refractivity contribution in [2.75, 3.05) is 7.05 Å². The topological polar surface area (TPSA) is 69.4 Å². The van der Waals surface area contributed by atoms with Gasteiger partial charge in [-0.2, -0.15) is 0 Å². The van der Waals surface area contributed by atoms with Gasteiger partial charge in [-0.1, -0.05) is 13.8 Å². The summed E-state index contributed by atoms with van der Waals surface area (Å²) >= 11 is 0. The van der Waals surface area contributed by atoms with Crippen molar-refractivity contribution in [3.8, 4) is 0 Å². The molecule has 3 aromatic rings. The van der Waals surface area contributed by atoms with Gasteiger partial charge in [-0.25, -0.2) is 4.98 Å². The second kappa shape index (κ2) is 8.55. The number of hydrogen-bond acceptors (Lipinski definition) is 3. The van der Waals surface area contributed by atoms with E-state index in [-0.39, 0.29) is 0 Å². The molecular weight excluding hydrogens is 418 g/mol. The summed E-state index contributed by atoms with van der Waals surface area (Å²) in [6, 6.07) is 6.72. The number of nitrogens with one attached hydrogen (secondary N) is 3. The lowest BCUT2D eigenvalue weighted by molar-refractivity contribution is 0.793. The lowest BCUT2D eigenvalue weighted by Gasteiger charge is -2.00. The maximum absolute atomic E-state index is 5.08. The van der Waals surface area contributed by atoms with Crippen molar-refractivity contribution in [2.45, 2.75) is 66.8 Å². The van der Waals surface area contributed by atoms with Crippen LogP contribution in [0.1, 0.15) is 77.3 Å². The van der Waals surface area contributed by atoms with Crippen LogP contribution >= 0.6 is 0 Å². The SMILES string of the molecule is CCc1c(C)c2cc3[nH]c(cc4nc(c(C)c5nc(cc1[nH]2)C(C)=C5)CC4C)c(C)c3CNC. The number of allylic oxidation sites excluding steroid dienone is 1. The Balaban J connectivity index is 1.96. The van der Waals surface area contributed by atoms with E-state index >= 15 is 0 Å². The highest BCUT2D eigenvalue weighted by Crippen LogP contribution is 2.31. The van der Waals surface area contributed by atoms with Gasteiger partial charge in [0.15, 0.2) is 0 Å². The average Bonchev–Trinajstić information content (AvgIpc) is 3.51. The fourth-order valence-electron chi connectivity index (χ4n) is 5.31. The molecule has 0 saturated carbocycles. The number of aryl methyl sites for hydroxylation is 3. The highest BCUT2D eigenvalue weighted by atomic mass is 14.8. The number of fused-ring (bicyclic) bond motifs is 8. The smallest absolute Gasteiger partial charge is 0.0687 e. The van der Waals surface area contributed by atoms with Gasteiger partial charge in [0, 0.05) is 45.9 Å². The summed E-state index contributed by atoms with van der Waals surface area (Å²) < 4.78 is 0. The molecule has 0 aromatic carbocycles. The summed E-state index contributed by atoms with van der Waals surface area (Å²) in [6.07, 6.45) is 4.12. The zero-order chi connectivity index (χ0) is 24.1. The van der Waals surface area contributed by atoms with Gasteiger partial charge >= 0.3 is 0 Å². The van der Waals surface area contributed by atoms with Crippen molar-refractivity contribution in [3.05, 3.63) is 68.8 Å². The Morgan fingerprint density at radius 3 is 2.26 bits per heavy atom. The van der Waals surface area contributed by atoms with E-state index in [0.29, 0.717) is 5.92 Å². The van der Waals surface area contributed by atoms with Gasteiger partial charge in [0.25, 0.3) is 0 Å². The summed E-state index contributed by atoms with van der Waals surface area (Å²) in [7, 11) is 2.00. The number of nitrogens with zero attached hydrogens (tertiary/aromatic N) is 2. The Morgan fingerprint density at radius 2 is 1.56 bits per heavy atom. The molecule has 8 bridgehead atoms. The summed E-state index contributed by atoms with van der Waals surface area (Å²) in [6.45, 7) is 14.0. The van der Waals surface area contributed by atoms with E-state index in [1.165, 1.54) is 33.4 Å². The van der Waals surface area contributed by atoms with Crippen LogP contribution in [0.5, 0.6) is 0 Å². The fraction of sp³-hybridized carbons (Fsp3) is 0.379. The molecule has 5 heteroatoms. The van der Waals surface area contributed by atoms with E-state index in [4.69, 9.17) is 9.97 Å². The average molecular weight is 454 g/mol. The van der Waals surface area contributed by atoms with Gasteiger partial charge in [-0.3, -0.25) is 4.98 Å². The first-order valence-electron chi connectivity index (χ1n) is 12.3. The van der Waals surface area contributed by atoms with Crippen LogP contribution in [0.15, 0.2) is 18.2 Å². The lowest BCUT2D eigenvalue weighted by atomic mass is 10.0. The Bertz CT molecular complexity index is 1480. The standard InChI is InChI=1S/C29H35N5/c1-8-20-17(4)27-13-29-21(14-30-7)18(5)26(34-29)11-22-15(2)9-24(31-22)19(6)25-10-16(3)23(32-25)12-28(20)33-27/h10-13,15,30,33-34H,8-9,14H2,1-7H3. The Kier molecular flexibility index (Phi) is 5.68. The van der Waals surface area contributed by atoms with Crippen molar-refractivity contribution in [1.82, 2.24) is 25.3 Å². The molecule has 0 radical (unpaired) electrons. The minimum Gasteiger partial charge on any atom is -0.355 e. The van der Waals surface area contributed by atoms with Crippen LogP contribution in [0.25, 0.3) is 33.7 Å². The first-order valence-corrected chi connectivity index (χ1v) is 12.3. The third kappa shape index (κ3) is 3.68. The second-order valence-corrected chi connectivity index (χ2v) is 9.85. The van der Waals surface area contributed by atoms with E-state index in [1.807, 2.05) is 7.05 Å². The van der Waals surface area contributed by atoms with Crippen molar-refractivity contribution >= 4 is 33.7 Å². The van der Waals surface area contributed by atoms with E-state index in [0.717, 1.165) is 64.2 Å². The summed E-state index contributed by atoms with van der Waals surface area (Å²) in [5.41, 5.74) is 16.5. The molecule has 34 heavy (non-hydrogen) atoms. The monoisotopic (exact) mass is 453 g/mol. The molecule has 3 aromatic heterocycles. The van der Waals surface area contributed by atoms with E-state index in [1.54, 1.807) is 0 Å². The quantitative estimate of drug-likeness (QED) is 0.428. The lowest BCUT2D eigenvalue weighted by Crippen LogP contribution is -2.05. The van der Waals surface area contributed by atoms with Crippen LogP contribution in [-0.4, -0.2) is 27.0 Å². The Hall–Kier alpha value is -3.18. The molecular formula is C29H35N5. The van der Waals surface area contributed by atoms with Gasteiger partial charge in [0.2, 0.25) is 0 Å². The minimum absolute atomic E-state index is 0.380. The molecule has 0 amide bonds. The zero-order valence-corrected chi connectivity index (χ0v) is 21.4. The van der Waals surface area contributed by atoms with Gasteiger partial charge in [-0.15, -0.1) is 0 Å². The molecule has 5 rings (SSSR count). The first kappa shape index (κ1) is 22.6. The largest absolute Gasteiger partial charge is 0.355 e. The molecule has 0 saturated heterocycles. The number of rotatable bonds is 3.